The fourth-order valence-electron chi connectivity index (χ4n) is 2.49. The number of carboxylic acids is 1. The number of carbonyl (C=O) groups is 2. The average Bonchev–Trinajstić information content (AvgIpc) is 2.70. The molecule has 9 heteroatoms. The Morgan fingerprint density at radius 1 is 1.24 bits per heavy atom. The van der Waals surface area contributed by atoms with E-state index in [1.807, 2.05) is 6.07 Å². The van der Waals surface area contributed by atoms with Crippen molar-refractivity contribution < 1.29 is 20.0 Å². The van der Waals surface area contributed by atoms with Crippen LogP contribution in [0.5, 0.6) is 0 Å². The van der Waals surface area contributed by atoms with Crippen LogP contribution in [0.1, 0.15) is 12.0 Å². The molecule has 152 valence electrons. The number of rotatable bonds is 10. The number of quaternary nitrogens is 1. The standard InChI is InChI=1S/C20H23N5O3S/c1-2-8-22-20(29)25-16-7-3-6-15(10-16)24-18(26)11-17(19(27)28)23-13-14-5-4-9-21-12-14/h2-7,9-10,12,17,23H,1,8,11,13H2,(H,24,26)(H,27,28)(H2,22,25,29)/t17-/m1/s1. The van der Waals surface area contributed by atoms with Crippen molar-refractivity contribution in [3.05, 3.63) is 67.0 Å². The molecule has 29 heavy (non-hydrogen) atoms. The molecule has 0 unspecified atom stereocenters. The molecule has 0 radical (unpaired) electrons. The van der Waals surface area contributed by atoms with Gasteiger partial charge in [0.25, 0.3) is 0 Å². The highest BCUT2D eigenvalue weighted by Crippen LogP contribution is 2.15. The van der Waals surface area contributed by atoms with Crippen LogP contribution in [-0.4, -0.2) is 34.6 Å². The Bertz CT molecular complexity index is 860. The van der Waals surface area contributed by atoms with Crippen LogP contribution in [-0.2, 0) is 16.1 Å². The monoisotopic (exact) mass is 413 g/mol. The van der Waals surface area contributed by atoms with Crippen LogP contribution >= 0.6 is 12.2 Å². The Balaban J connectivity index is 1.90. The number of aromatic nitrogens is 1. The van der Waals surface area contributed by atoms with Crippen molar-refractivity contribution in [1.29, 1.82) is 0 Å². The molecular formula is C20H23N5O3S. The lowest BCUT2D eigenvalue weighted by Crippen LogP contribution is -2.92. The van der Waals surface area contributed by atoms with E-state index in [9.17, 15) is 14.7 Å². The maximum atomic E-state index is 12.3. The Labute approximate surface area is 174 Å². The van der Waals surface area contributed by atoms with Gasteiger partial charge in [-0.05, 0) is 36.5 Å². The van der Waals surface area contributed by atoms with Gasteiger partial charge in [0.05, 0.1) is 12.4 Å². The highest BCUT2D eigenvalue weighted by molar-refractivity contribution is 7.80. The van der Waals surface area contributed by atoms with Crippen molar-refractivity contribution in [3.63, 3.8) is 0 Å². The molecule has 1 heterocycles. The first-order valence-electron chi connectivity index (χ1n) is 8.96. The topological polar surface area (TPSA) is 123 Å². The fourth-order valence-corrected chi connectivity index (χ4v) is 2.69. The van der Waals surface area contributed by atoms with Crippen molar-refractivity contribution in [2.45, 2.75) is 19.0 Å². The summed E-state index contributed by atoms with van der Waals surface area (Å²) in [6.45, 7) is 4.52. The summed E-state index contributed by atoms with van der Waals surface area (Å²) in [5.41, 5.74) is 2.07. The van der Waals surface area contributed by atoms with Gasteiger partial charge in [0.15, 0.2) is 5.11 Å². The van der Waals surface area contributed by atoms with Crippen LogP contribution in [0.15, 0.2) is 61.4 Å². The maximum Gasteiger partial charge on any atom is 0.230 e. The SMILES string of the molecule is C=CCNC(=S)Nc1cccc(NC(=O)C[C@@H]([NH2+]Cc2cccnc2)C(=O)[O-])c1. The molecule has 1 aromatic heterocycles. The number of aliphatic carboxylic acids is 1. The number of nitrogens with one attached hydrogen (secondary N) is 3. The summed E-state index contributed by atoms with van der Waals surface area (Å²) in [7, 11) is 0. The van der Waals surface area contributed by atoms with E-state index in [1.54, 1.807) is 54.1 Å². The predicted molar refractivity (Wildman–Crippen MR) is 113 cm³/mol. The lowest BCUT2D eigenvalue weighted by Gasteiger charge is -2.16. The van der Waals surface area contributed by atoms with Crippen molar-refractivity contribution in [2.24, 2.45) is 0 Å². The fraction of sp³-hybridized carbons (Fsp3) is 0.200. The molecule has 0 fully saturated rings. The van der Waals surface area contributed by atoms with Crippen molar-refractivity contribution in [2.75, 3.05) is 17.2 Å². The smallest absolute Gasteiger partial charge is 0.230 e. The number of benzene rings is 1. The van der Waals surface area contributed by atoms with Crippen LogP contribution < -0.4 is 26.4 Å². The summed E-state index contributed by atoms with van der Waals surface area (Å²) in [4.78, 5) is 27.7. The molecule has 0 spiro atoms. The minimum atomic E-state index is -1.29. The number of nitrogens with zero attached hydrogens (tertiary/aromatic N) is 1. The van der Waals surface area contributed by atoms with Gasteiger partial charge in [0, 0.05) is 35.9 Å². The zero-order valence-corrected chi connectivity index (χ0v) is 16.6. The van der Waals surface area contributed by atoms with Gasteiger partial charge in [0.1, 0.15) is 12.6 Å². The minimum Gasteiger partial charge on any atom is -0.544 e. The number of hydrogen-bond donors (Lipinski definition) is 4. The Hall–Kier alpha value is -3.30. The largest absolute Gasteiger partial charge is 0.544 e. The number of pyridine rings is 1. The van der Waals surface area contributed by atoms with E-state index < -0.39 is 17.9 Å². The lowest BCUT2D eigenvalue weighted by molar-refractivity contribution is -0.697. The molecule has 1 amide bonds. The van der Waals surface area contributed by atoms with Crippen molar-refractivity contribution >= 4 is 40.6 Å². The number of hydrogen-bond acceptors (Lipinski definition) is 5. The molecule has 2 rings (SSSR count). The third kappa shape index (κ3) is 8.08. The maximum absolute atomic E-state index is 12.3. The molecule has 0 bridgehead atoms. The second-order valence-electron chi connectivity index (χ2n) is 6.18. The van der Waals surface area contributed by atoms with E-state index >= 15 is 0 Å². The third-order valence-electron chi connectivity index (χ3n) is 3.88. The normalized spacial score (nSPS) is 11.2. The second-order valence-corrected chi connectivity index (χ2v) is 6.59. The van der Waals surface area contributed by atoms with Crippen LogP contribution in [0.25, 0.3) is 0 Å². The first-order valence-corrected chi connectivity index (χ1v) is 9.37. The molecule has 0 saturated carbocycles. The highest BCUT2D eigenvalue weighted by atomic mass is 32.1. The average molecular weight is 414 g/mol. The molecule has 1 aromatic carbocycles. The Kier molecular flexibility index (Phi) is 8.74. The quantitative estimate of drug-likeness (QED) is 0.313. The number of nitrogens with two attached hydrogens (primary N) is 1. The molecule has 5 N–H and O–H groups in total. The number of thiocarbonyl (C=S) groups is 1. The van der Waals surface area contributed by atoms with Gasteiger partial charge in [-0.15, -0.1) is 6.58 Å². The van der Waals surface area contributed by atoms with E-state index in [0.717, 1.165) is 5.56 Å². The zero-order valence-electron chi connectivity index (χ0n) is 15.8. The number of anilines is 2. The van der Waals surface area contributed by atoms with E-state index in [4.69, 9.17) is 12.2 Å². The summed E-state index contributed by atoms with van der Waals surface area (Å²) >= 11 is 5.15. The highest BCUT2D eigenvalue weighted by Gasteiger charge is 2.18. The molecule has 0 aliphatic heterocycles. The lowest BCUT2D eigenvalue weighted by atomic mass is 10.1. The first-order chi connectivity index (χ1) is 14.0. The van der Waals surface area contributed by atoms with Crippen molar-refractivity contribution in [3.8, 4) is 0 Å². The predicted octanol–water partition coefficient (Wildman–Crippen LogP) is -0.235. The minimum absolute atomic E-state index is 0.223. The second kappa shape index (κ2) is 11.5. The van der Waals surface area contributed by atoms with Gasteiger partial charge in [-0.1, -0.05) is 18.2 Å². The summed E-state index contributed by atoms with van der Waals surface area (Å²) < 4.78 is 0. The van der Waals surface area contributed by atoms with Crippen LogP contribution in [0, 0.1) is 0 Å². The van der Waals surface area contributed by atoms with Gasteiger partial charge in [0.2, 0.25) is 5.91 Å². The first kappa shape index (κ1) is 22.0. The van der Waals surface area contributed by atoms with Crippen LogP contribution in [0.3, 0.4) is 0 Å². The van der Waals surface area contributed by atoms with Gasteiger partial charge in [-0.2, -0.15) is 0 Å². The third-order valence-corrected chi connectivity index (χ3v) is 4.13. The van der Waals surface area contributed by atoms with E-state index in [0.29, 0.717) is 29.6 Å². The molecule has 0 saturated heterocycles. The van der Waals surface area contributed by atoms with Gasteiger partial charge in [-0.25, -0.2) is 0 Å². The zero-order chi connectivity index (χ0) is 21.1. The van der Waals surface area contributed by atoms with Gasteiger partial charge < -0.3 is 31.2 Å². The van der Waals surface area contributed by atoms with Crippen LogP contribution in [0.4, 0.5) is 11.4 Å². The van der Waals surface area contributed by atoms with Gasteiger partial charge in [-0.3, -0.25) is 9.78 Å². The summed E-state index contributed by atoms with van der Waals surface area (Å²) in [5.74, 6) is -1.72. The summed E-state index contributed by atoms with van der Waals surface area (Å²) in [6, 6.07) is 9.55. The summed E-state index contributed by atoms with van der Waals surface area (Å²) in [6.07, 6.45) is 4.75. The molecule has 2 aromatic rings. The van der Waals surface area contributed by atoms with Crippen LogP contribution in [0.2, 0.25) is 0 Å². The molecule has 0 aliphatic rings. The Morgan fingerprint density at radius 3 is 2.66 bits per heavy atom. The molecule has 8 nitrogen and oxygen atoms in total. The molecule has 0 aliphatic carbocycles. The number of carbonyl (C=O) groups excluding carboxylic acids is 2. The Morgan fingerprint density at radius 2 is 2.00 bits per heavy atom. The van der Waals surface area contributed by atoms with E-state index in [2.05, 4.69) is 27.5 Å². The molecular weight excluding hydrogens is 390 g/mol. The van der Waals surface area contributed by atoms with E-state index in [-0.39, 0.29) is 6.42 Å². The molecule has 1 atom stereocenters. The van der Waals surface area contributed by atoms with E-state index in [1.165, 1.54) is 0 Å². The number of amides is 1. The summed E-state index contributed by atoms with van der Waals surface area (Å²) in [5, 5.41) is 22.0. The van der Waals surface area contributed by atoms with Gasteiger partial charge >= 0.3 is 0 Å². The van der Waals surface area contributed by atoms with Crippen molar-refractivity contribution in [1.82, 2.24) is 10.3 Å². The number of carboxylic acid groups (broad SMARTS) is 1.